The number of aromatic amines is 1. The Morgan fingerprint density at radius 2 is 1.97 bits per heavy atom. The highest BCUT2D eigenvalue weighted by molar-refractivity contribution is 7.85. The maximum absolute atomic E-state index is 12.9. The van der Waals surface area contributed by atoms with E-state index in [4.69, 9.17) is 4.55 Å². The minimum absolute atomic E-state index is 0.0445. The van der Waals surface area contributed by atoms with Crippen molar-refractivity contribution < 1.29 is 17.8 Å². The number of carbonyl (C=O) groups excluding carboxylic acids is 1. The number of rotatable bonds is 3. The Labute approximate surface area is 172 Å². The van der Waals surface area contributed by atoms with E-state index in [1.54, 1.807) is 0 Å². The summed E-state index contributed by atoms with van der Waals surface area (Å²) in [5.74, 6) is 0.210. The highest BCUT2D eigenvalue weighted by Gasteiger charge is 2.36. The van der Waals surface area contributed by atoms with Crippen molar-refractivity contribution >= 4 is 32.5 Å². The van der Waals surface area contributed by atoms with Gasteiger partial charge in [-0.25, -0.2) is 0 Å². The molecule has 1 aromatic heterocycles. The number of benzene rings is 1. The Balaban J connectivity index is 0.000000431. The maximum atomic E-state index is 12.9. The minimum atomic E-state index is -3.67. The number of amides is 1. The number of nitrogens with one attached hydrogen (secondary N) is 1. The largest absolute Gasteiger partial charge is 0.361 e. The Morgan fingerprint density at radius 1 is 1.31 bits per heavy atom. The molecular weight excluding hydrogens is 390 g/mol. The highest BCUT2D eigenvalue weighted by atomic mass is 32.2. The molecule has 29 heavy (non-hydrogen) atoms. The number of aromatic nitrogens is 1. The van der Waals surface area contributed by atoms with Gasteiger partial charge in [0.05, 0.1) is 12.2 Å². The summed E-state index contributed by atoms with van der Waals surface area (Å²) in [6, 6.07) is 6.82. The number of hydrogen-bond donors (Lipinski definition) is 2. The predicted octanol–water partition coefficient (Wildman–Crippen LogP) is 2.41. The van der Waals surface area contributed by atoms with E-state index >= 15 is 0 Å². The third kappa shape index (κ3) is 4.55. The van der Waals surface area contributed by atoms with Crippen LogP contribution in [0.4, 0.5) is 0 Å². The molecule has 1 aliphatic carbocycles. The number of nitrogens with zero attached hydrogens (tertiary/aromatic N) is 2. The van der Waals surface area contributed by atoms with E-state index in [0.29, 0.717) is 12.3 Å². The third-order valence-corrected chi connectivity index (χ3v) is 5.66. The summed E-state index contributed by atoms with van der Waals surface area (Å²) in [6.07, 6.45) is 6.13. The van der Waals surface area contributed by atoms with Crippen molar-refractivity contribution in [2.24, 2.45) is 5.92 Å². The van der Waals surface area contributed by atoms with Crippen molar-refractivity contribution in [1.29, 1.82) is 0 Å². The molecule has 0 spiro atoms. The molecular formula is C21H29N3O4S. The van der Waals surface area contributed by atoms with Gasteiger partial charge in [0.15, 0.2) is 0 Å². The molecule has 2 aromatic rings. The zero-order valence-corrected chi connectivity index (χ0v) is 18.2. The SMILES string of the molecule is CCN(CC)C(=O)[C@@H]1C=C2c3cccc4[nH]cc(c34)C[C@H]2N(C)C1.CS(=O)(=O)O. The van der Waals surface area contributed by atoms with Gasteiger partial charge >= 0.3 is 0 Å². The van der Waals surface area contributed by atoms with Crippen LogP contribution in [0, 0.1) is 5.92 Å². The number of carbonyl (C=O) groups is 1. The lowest BCUT2D eigenvalue weighted by atomic mass is 9.79. The van der Waals surface area contributed by atoms with Gasteiger partial charge < -0.3 is 9.88 Å². The second-order valence-electron chi connectivity index (χ2n) is 7.67. The summed E-state index contributed by atoms with van der Waals surface area (Å²) >= 11 is 0. The zero-order chi connectivity index (χ0) is 21.3. The van der Waals surface area contributed by atoms with Crippen molar-refractivity contribution in [3.8, 4) is 0 Å². The van der Waals surface area contributed by atoms with Gasteiger partial charge in [-0.05, 0) is 50.1 Å². The Kier molecular flexibility index (Phi) is 6.16. The molecule has 2 heterocycles. The molecule has 1 aliphatic heterocycles. The van der Waals surface area contributed by atoms with Gasteiger partial charge in [-0.2, -0.15) is 8.42 Å². The van der Waals surface area contributed by atoms with E-state index in [1.165, 1.54) is 27.6 Å². The molecule has 1 aromatic carbocycles. The molecule has 2 N–H and O–H groups in total. The molecule has 1 amide bonds. The fourth-order valence-electron chi connectivity index (χ4n) is 4.38. The van der Waals surface area contributed by atoms with E-state index in [2.05, 4.69) is 61.3 Å². The smallest absolute Gasteiger partial charge is 0.261 e. The predicted molar refractivity (Wildman–Crippen MR) is 115 cm³/mol. The number of hydrogen-bond acceptors (Lipinski definition) is 4. The summed E-state index contributed by atoms with van der Waals surface area (Å²) in [4.78, 5) is 20.6. The molecule has 0 unspecified atom stereocenters. The van der Waals surface area contributed by atoms with Gasteiger partial charge in [-0.15, -0.1) is 0 Å². The van der Waals surface area contributed by atoms with Crippen molar-refractivity contribution in [3.63, 3.8) is 0 Å². The first-order valence-corrected chi connectivity index (χ1v) is 11.7. The highest BCUT2D eigenvalue weighted by Crippen LogP contribution is 2.40. The topological polar surface area (TPSA) is 93.7 Å². The Hall–Kier alpha value is -2.16. The second-order valence-corrected chi connectivity index (χ2v) is 9.14. The Morgan fingerprint density at radius 3 is 2.59 bits per heavy atom. The summed E-state index contributed by atoms with van der Waals surface area (Å²) in [7, 11) is -1.52. The van der Waals surface area contributed by atoms with Gasteiger partial charge in [0.25, 0.3) is 10.1 Å². The van der Waals surface area contributed by atoms with Crippen LogP contribution in [0.15, 0.2) is 30.5 Å². The van der Waals surface area contributed by atoms with E-state index < -0.39 is 10.1 Å². The third-order valence-electron chi connectivity index (χ3n) is 5.66. The van der Waals surface area contributed by atoms with Crippen LogP contribution in [0.25, 0.3) is 16.5 Å². The monoisotopic (exact) mass is 419 g/mol. The maximum Gasteiger partial charge on any atom is 0.261 e. The van der Waals surface area contributed by atoms with Gasteiger partial charge in [0, 0.05) is 42.8 Å². The Bertz CT molecular complexity index is 1030. The standard InChI is InChI=1S/C20H25N3O.CH4O3S/c1-4-23(5-2)20(24)14-9-16-15-7-6-8-17-19(15)13(11-21-17)10-18(16)22(3)12-14;1-5(2,3)4/h6-9,11,14,18,21H,4-5,10,12H2,1-3H3;1H3,(H,2,3,4)/t14-,18-;/m1./s1. The molecule has 0 bridgehead atoms. The lowest BCUT2D eigenvalue weighted by Crippen LogP contribution is -2.47. The average Bonchev–Trinajstić information content (AvgIpc) is 3.06. The molecule has 8 heteroatoms. The molecule has 158 valence electrons. The van der Waals surface area contributed by atoms with Crippen molar-refractivity contribution in [2.45, 2.75) is 26.3 Å². The summed E-state index contributed by atoms with van der Waals surface area (Å²) in [6.45, 7) is 6.47. The van der Waals surface area contributed by atoms with Gasteiger partial charge in [-0.1, -0.05) is 18.2 Å². The molecule has 7 nitrogen and oxygen atoms in total. The summed E-state index contributed by atoms with van der Waals surface area (Å²) in [5.41, 5.74) is 5.21. The fraction of sp³-hybridized carbons (Fsp3) is 0.476. The molecule has 2 aliphatic rings. The molecule has 2 atom stereocenters. The number of H-pyrrole nitrogens is 1. The van der Waals surface area contributed by atoms with Crippen molar-refractivity contribution in [1.82, 2.24) is 14.8 Å². The normalized spacial score (nSPS) is 21.1. The summed E-state index contributed by atoms with van der Waals surface area (Å²) < 4.78 is 25.9. The molecule has 0 saturated heterocycles. The quantitative estimate of drug-likeness (QED) is 0.745. The fourth-order valence-corrected chi connectivity index (χ4v) is 4.38. The number of fused-ring (bicyclic) bond motifs is 2. The number of likely N-dealkylation sites (N-methyl/N-ethyl adjacent to an activating group) is 1. The van der Waals surface area contributed by atoms with Crippen molar-refractivity contribution in [2.75, 3.05) is 32.9 Å². The van der Waals surface area contributed by atoms with E-state index in [9.17, 15) is 13.2 Å². The first-order chi connectivity index (χ1) is 13.6. The van der Waals surface area contributed by atoms with Crippen LogP contribution >= 0.6 is 0 Å². The zero-order valence-electron chi connectivity index (χ0n) is 17.3. The molecule has 0 radical (unpaired) electrons. The van der Waals surface area contributed by atoms with E-state index in [1.807, 2.05) is 4.90 Å². The minimum Gasteiger partial charge on any atom is -0.361 e. The van der Waals surface area contributed by atoms with Crippen LogP contribution in [0.2, 0.25) is 0 Å². The average molecular weight is 420 g/mol. The van der Waals surface area contributed by atoms with Gasteiger partial charge in [0.2, 0.25) is 5.91 Å². The first kappa shape index (κ1) is 21.5. The van der Waals surface area contributed by atoms with E-state index in [0.717, 1.165) is 26.1 Å². The lowest BCUT2D eigenvalue weighted by molar-refractivity contribution is -0.134. The van der Waals surface area contributed by atoms with E-state index in [-0.39, 0.29) is 11.8 Å². The van der Waals surface area contributed by atoms with Crippen LogP contribution in [0.3, 0.4) is 0 Å². The molecule has 4 rings (SSSR count). The van der Waals surface area contributed by atoms with Gasteiger partial charge in [-0.3, -0.25) is 14.2 Å². The second kappa shape index (κ2) is 8.30. The van der Waals surface area contributed by atoms with Crippen LogP contribution in [-0.4, -0.2) is 72.6 Å². The first-order valence-electron chi connectivity index (χ1n) is 9.86. The van der Waals surface area contributed by atoms with Crippen LogP contribution in [0.1, 0.15) is 25.0 Å². The van der Waals surface area contributed by atoms with Crippen molar-refractivity contribution in [3.05, 3.63) is 41.6 Å². The lowest BCUT2D eigenvalue weighted by Gasteiger charge is -2.40. The van der Waals surface area contributed by atoms with Crippen LogP contribution in [0.5, 0.6) is 0 Å². The van der Waals surface area contributed by atoms with Gasteiger partial charge in [0.1, 0.15) is 0 Å². The van der Waals surface area contributed by atoms with Crippen LogP contribution in [-0.2, 0) is 21.3 Å². The van der Waals surface area contributed by atoms with Crippen LogP contribution < -0.4 is 0 Å². The molecule has 0 fully saturated rings. The molecule has 0 saturated carbocycles. The summed E-state index contributed by atoms with van der Waals surface area (Å²) in [5, 5.41) is 1.34.